The molecular weight excluding hydrogens is 308 g/mol. The zero-order valence-corrected chi connectivity index (χ0v) is 12.3. The van der Waals surface area contributed by atoms with Crippen LogP contribution < -0.4 is 5.32 Å². The molecule has 2 N–H and O–H groups in total. The highest BCUT2D eigenvalue weighted by atomic mass is 32.2. The fourth-order valence-electron chi connectivity index (χ4n) is 1.88. The Balaban J connectivity index is 2.01. The van der Waals surface area contributed by atoms with E-state index in [0.29, 0.717) is 21.5 Å². The molecule has 2 aromatic rings. The summed E-state index contributed by atoms with van der Waals surface area (Å²) in [5.74, 6) is -0.669. The lowest BCUT2D eigenvalue weighted by Crippen LogP contribution is -2.13. The molecule has 1 saturated heterocycles. The number of thioether (sulfide) groups is 1. The first-order valence-electron chi connectivity index (χ1n) is 6.07. The molecule has 7 heteroatoms. The van der Waals surface area contributed by atoms with Gasteiger partial charge in [0.25, 0.3) is 0 Å². The predicted octanol–water partition coefficient (Wildman–Crippen LogP) is 2.67. The van der Waals surface area contributed by atoms with Crippen molar-refractivity contribution in [1.29, 1.82) is 0 Å². The summed E-state index contributed by atoms with van der Waals surface area (Å²) in [7, 11) is 0. The quantitative estimate of drug-likeness (QED) is 0.909. The van der Waals surface area contributed by atoms with Gasteiger partial charge in [-0.05, 0) is 0 Å². The van der Waals surface area contributed by atoms with Gasteiger partial charge in [-0.1, -0.05) is 42.1 Å². The topological polar surface area (TPSA) is 79.3 Å². The summed E-state index contributed by atoms with van der Waals surface area (Å²) in [6.45, 7) is 0. The number of nitrogens with one attached hydrogen (secondary N) is 1. The number of carboxylic acids is 1. The minimum Gasteiger partial charge on any atom is -0.477 e. The number of carbonyl (C=O) groups is 2. The van der Waals surface area contributed by atoms with Crippen molar-refractivity contribution in [3.05, 3.63) is 45.2 Å². The summed E-state index contributed by atoms with van der Waals surface area (Å²) in [6, 6.07) is 9.19. The Labute approximate surface area is 128 Å². The molecule has 0 aliphatic carbocycles. The number of carbonyl (C=O) groups excluding carboxylic acids is 1. The molecule has 0 saturated carbocycles. The van der Waals surface area contributed by atoms with Crippen LogP contribution in [0.2, 0.25) is 0 Å². The molecular formula is C14H10N2O3S2. The highest BCUT2D eigenvalue weighted by molar-refractivity contribution is 8.04. The smallest absolute Gasteiger partial charge is 0.348 e. The Morgan fingerprint density at radius 1 is 1.33 bits per heavy atom. The van der Waals surface area contributed by atoms with Crippen molar-refractivity contribution in [3.8, 4) is 11.3 Å². The number of hydrogen-bond acceptors (Lipinski definition) is 5. The maximum absolute atomic E-state index is 11.4. The van der Waals surface area contributed by atoms with E-state index in [1.807, 2.05) is 30.3 Å². The molecule has 1 aliphatic rings. The van der Waals surface area contributed by atoms with E-state index in [9.17, 15) is 14.7 Å². The number of aromatic nitrogens is 1. The lowest BCUT2D eigenvalue weighted by atomic mass is 10.1. The molecule has 2 heterocycles. The van der Waals surface area contributed by atoms with Crippen LogP contribution in [0.25, 0.3) is 17.3 Å². The van der Waals surface area contributed by atoms with Crippen LogP contribution >= 0.6 is 23.1 Å². The zero-order valence-electron chi connectivity index (χ0n) is 10.7. The fraction of sp³-hybridized carbons (Fsp3) is 0.0714. The third-order valence-electron chi connectivity index (χ3n) is 2.76. The normalized spacial score (nSPS) is 16.2. The van der Waals surface area contributed by atoms with Crippen LogP contribution in [-0.4, -0.2) is 27.7 Å². The van der Waals surface area contributed by atoms with Crippen molar-refractivity contribution < 1.29 is 14.7 Å². The first-order chi connectivity index (χ1) is 10.1. The summed E-state index contributed by atoms with van der Waals surface area (Å²) >= 11 is 2.48. The van der Waals surface area contributed by atoms with Gasteiger partial charge < -0.3 is 10.4 Å². The summed E-state index contributed by atoms with van der Waals surface area (Å²) in [4.78, 5) is 27.1. The fourth-order valence-corrected chi connectivity index (χ4v) is 3.56. The molecule has 1 amide bonds. The second-order valence-electron chi connectivity index (χ2n) is 4.25. The van der Waals surface area contributed by atoms with Gasteiger partial charge in [-0.15, -0.1) is 11.3 Å². The van der Waals surface area contributed by atoms with Gasteiger partial charge in [-0.2, -0.15) is 0 Å². The minimum atomic E-state index is -1.00. The molecule has 3 rings (SSSR count). The molecule has 0 unspecified atom stereocenters. The van der Waals surface area contributed by atoms with Crippen LogP contribution in [0, 0.1) is 0 Å². The van der Waals surface area contributed by atoms with Gasteiger partial charge in [-0.3, -0.25) is 4.79 Å². The number of amides is 1. The van der Waals surface area contributed by atoms with E-state index in [-0.39, 0.29) is 10.8 Å². The molecule has 106 valence electrons. The van der Waals surface area contributed by atoms with Crippen molar-refractivity contribution in [2.24, 2.45) is 0 Å². The minimum absolute atomic E-state index is 0.0513. The Kier molecular flexibility index (Phi) is 3.76. The van der Waals surface area contributed by atoms with Crippen LogP contribution in [0.1, 0.15) is 14.7 Å². The van der Waals surface area contributed by atoms with E-state index >= 15 is 0 Å². The van der Waals surface area contributed by atoms with E-state index < -0.39 is 5.97 Å². The molecule has 1 aliphatic heterocycles. The van der Waals surface area contributed by atoms with Crippen molar-refractivity contribution >= 4 is 41.1 Å². The molecule has 1 fully saturated rings. The van der Waals surface area contributed by atoms with E-state index in [1.165, 1.54) is 11.8 Å². The number of benzene rings is 1. The molecule has 0 atom stereocenters. The SMILES string of the molecule is O=C1CS/C(=C/c2nc(-c3ccccc3)c(C(=O)O)s2)N1. The van der Waals surface area contributed by atoms with Crippen LogP contribution in [0.4, 0.5) is 0 Å². The Morgan fingerprint density at radius 2 is 2.10 bits per heavy atom. The van der Waals surface area contributed by atoms with Crippen molar-refractivity contribution in [2.45, 2.75) is 0 Å². The highest BCUT2D eigenvalue weighted by Gasteiger charge is 2.20. The average molecular weight is 318 g/mol. The zero-order chi connectivity index (χ0) is 14.8. The van der Waals surface area contributed by atoms with Crippen LogP contribution in [0.15, 0.2) is 35.4 Å². The summed E-state index contributed by atoms with van der Waals surface area (Å²) < 4.78 is 0. The summed E-state index contributed by atoms with van der Waals surface area (Å²) in [6.07, 6.45) is 1.71. The predicted molar refractivity (Wildman–Crippen MR) is 83.1 cm³/mol. The maximum atomic E-state index is 11.4. The molecule has 5 nitrogen and oxygen atoms in total. The van der Waals surface area contributed by atoms with Crippen LogP contribution in [0.5, 0.6) is 0 Å². The Hall–Kier alpha value is -2.12. The highest BCUT2D eigenvalue weighted by Crippen LogP contribution is 2.31. The van der Waals surface area contributed by atoms with Crippen molar-refractivity contribution in [3.63, 3.8) is 0 Å². The lowest BCUT2D eigenvalue weighted by Gasteiger charge is -1.97. The van der Waals surface area contributed by atoms with Gasteiger partial charge in [0.05, 0.1) is 16.5 Å². The summed E-state index contributed by atoms with van der Waals surface area (Å²) in [5, 5.41) is 13.3. The van der Waals surface area contributed by atoms with E-state index in [0.717, 1.165) is 16.9 Å². The number of thiazole rings is 1. The second kappa shape index (κ2) is 5.71. The molecule has 1 aromatic heterocycles. The van der Waals surface area contributed by atoms with Crippen molar-refractivity contribution in [1.82, 2.24) is 10.3 Å². The average Bonchev–Trinajstić information content (AvgIpc) is 3.07. The number of aromatic carboxylic acids is 1. The Morgan fingerprint density at radius 3 is 2.71 bits per heavy atom. The van der Waals surface area contributed by atoms with Gasteiger partial charge in [0.1, 0.15) is 9.88 Å². The maximum Gasteiger partial charge on any atom is 0.348 e. The van der Waals surface area contributed by atoms with Crippen molar-refractivity contribution in [2.75, 3.05) is 5.75 Å². The van der Waals surface area contributed by atoms with Gasteiger partial charge >= 0.3 is 5.97 Å². The largest absolute Gasteiger partial charge is 0.477 e. The molecule has 21 heavy (non-hydrogen) atoms. The molecule has 0 spiro atoms. The van der Waals surface area contributed by atoms with Crippen LogP contribution in [-0.2, 0) is 4.79 Å². The van der Waals surface area contributed by atoms with Gasteiger partial charge in [0, 0.05) is 11.6 Å². The standard InChI is InChI=1S/C14H10N2O3S2/c17-9-7-20-10(15-9)6-11-16-12(13(21-11)14(18)19)8-4-2-1-3-5-8/h1-6H,7H2,(H,15,17)(H,18,19)/b10-6+. The first kappa shape index (κ1) is 13.8. The third kappa shape index (κ3) is 2.98. The number of nitrogens with zero attached hydrogens (tertiary/aromatic N) is 1. The molecule has 0 bridgehead atoms. The van der Waals surface area contributed by atoms with E-state index in [2.05, 4.69) is 10.3 Å². The Bertz CT molecular complexity index is 738. The second-order valence-corrected chi connectivity index (χ2v) is 6.29. The number of rotatable bonds is 3. The molecule has 0 radical (unpaired) electrons. The first-order valence-corrected chi connectivity index (χ1v) is 7.87. The van der Waals surface area contributed by atoms with E-state index in [1.54, 1.807) is 6.08 Å². The third-order valence-corrected chi connectivity index (χ3v) is 4.69. The van der Waals surface area contributed by atoms with Crippen LogP contribution in [0.3, 0.4) is 0 Å². The monoisotopic (exact) mass is 318 g/mol. The molecule has 1 aromatic carbocycles. The van der Waals surface area contributed by atoms with E-state index in [4.69, 9.17) is 0 Å². The van der Waals surface area contributed by atoms with Gasteiger partial charge in [0.2, 0.25) is 5.91 Å². The van der Waals surface area contributed by atoms with Gasteiger partial charge in [-0.25, -0.2) is 9.78 Å². The van der Waals surface area contributed by atoms with Gasteiger partial charge in [0.15, 0.2) is 0 Å². The number of hydrogen-bond donors (Lipinski definition) is 2. The number of carboxylic acid groups (broad SMARTS) is 1. The summed E-state index contributed by atoms with van der Waals surface area (Å²) in [5.41, 5.74) is 1.22. The lowest BCUT2D eigenvalue weighted by molar-refractivity contribution is -0.117.